The standard InChI is InChI=1S/C17H17ClFN3O2/c1-3-10(2)21-16(23)11-6-7-20-15(8-11)17(24)22-12-4-5-14(19)13(18)9-12/h4-10H,3H2,1-2H3,(H,21,23)(H,22,24). The second-order valence-electron chi connectivity index (χ2n) is 5.30. The molecule has 1 heterocycles. The van der Waals surface area contributed by atoms with Crippen molar-refractivity contribution in [1.82, 2.24) is 10.3 Å². The molecule has 1 unspecified atom stereocenters. The minimum absolute atomic E-state index is 0.0318. The summed E-state index contributed by atoms with van der Waals surface area (Å²) in [4.78, 5) is 28.3. The molecule has 0 saturated heterocycles. The molecule has 0 aliphatic rings. The molecule has 0 radical (unpaired) electrons. The first-order valence-corrected chi connectivity index (χ1v) is 7.81. The lowest BCUT2D eigenvalue weighted by atomic mass is 10.2. The third kappa shape index (κ3) is 4.52. The van der Waals surface area contributed by atoms with E-state index < -0.39 is 11.7 Å². The van der Waals surface area contributed by atoms with E-state index in [0.717, 1.165) is 12.5 Å². The van der Waals surface area contributed by atoms with Crippen LogP contribution >= 0.6 is 11.6 Å². The molecule has 2 N–H and O–H groups in total. The van der Waals surface area contributed by atoms with Crippen LogP contribution in [0.25, 0.3) is 0 Å². The number of benzene rings is 1. The Morgan fingerprint density at radius 1 is 1.25 bits per heavy atom. The first-order chi connectivity index (χ1) is 11.4. The van der Waals surface area contributed by atoms with Gasteiger partial charge in [0.25, 0.3) is 11.8 Å². The molecule has 0 aliphatic carbocycles. The Morgan fingerprint density at radius 2 is 2.00 bits per heavy atom. The van der Waals surface area contributed by atoms with Crippen LogP contribution in [-0.4, -0.2) is 22.8 Å². The fraction of sp³-hybridized carbons (Fsp3) is 0.235. The SMILES string of the molecule is CCC(C)NC(=O)c1ccnc(C(=O)Nc2ccc(F)c(Cl)c2)c1. The van der Waals surface area contributed by atoms with E-state index >= 15 is 0 Å². The Kier molecular flexibility index (Phi) is 5.87. The van der Waals surface area contributed by atoms with Crippen molar-refractivity contribution in [1.29, 1.82) is 0 Å². The van der Waals surface area contributed by atoms with Gasteiger partial charge in [0.05, 0.1) is 5.02 Å². The number of amides is 2. The predicted molar refractivity (Wildman–Crippen MR) is 90.8 cm³/mol. The molecule has 0 fully saturated rings. The quantitative estimate of drug-likeness (QED) is 0.865. The molecule has 0 bridgehead atoms. The largest absolute Gasteiger partial charge is 0.350 e. The number of anilines is 1. The van der Waals surface area contributed by atoms with Crippen LogP contribution in [0.1, 0.15) is 41.1 Å². The van der Waals surface area contributed by atoms with Crippen molar-refractivity contribution in [3.05, 3.63) is 58.6 Å². The van der Waals surface area contributed by atoms with Gasteiger partial charge in [0.1, 0.15) is 11.5 Å². The summed E-state index contributed by atoms with van der Waals surface area (Å²) < 4.78 is 13.1. The fourth-order valence-electron chi connectivity index (χ4n) is 1.87. The normalized spacial score (nSPS) is 11.7. The minimum Gasteiger partial charge on any atom is -0.350 e. The number of carbonyl (C=O) groups excluding carboxylic acids is 2. The Balaban J connectivity index is 2.13. The molecule has 1 aromatic heterocycles. The lowest BCUT2D eigenvalue weighted by molar-refractivity contribution is 0.0939. The molecule has 2 rings (SSSR count). The highest BCUT2D eigenvalue weighted by Gasteiger charge is 2.14. The number of nitrogens with zero attached hydrogens (tertiary/aromatic N) is 1. The van der Waals surface area contributed by atoms with Gasteiger partial charge in [0.2, 0.25) is 0 Å². The number of pyridine rings is 1. The van der Waals surface area contributed by atoms with Crippen LogP contribution < -0.4 is 10.6 Å². The van der Waals surface area contributed by atoms with Gasteiger partial charge in [0, 0.05) is 23.5 Å². The van der Waals surface area contributed by atoms with Gasteiger partial charge in [-0.3, -0.25) is 14.6 Å². The summed E-state index contributed by atoms with van der Waals surface area (Å²) in [5, 5.41) is 5.28. The van der Waals surface area contributed by atoms with Gasteiger partial charge >= 0.3 is 0 Å². The monoisotopic (exact) mass is 349 g/mol. The van der Waals surface area contributed by atoms with E-state index in [-0.39, 0.29) is 22.7 Å². The van der Waals surface area contributed by atoms with Gasteiger partial charge in [-0.25, -0.2) is 4.39 Å². The summed E-state index contributed by atoms with van der Waals surface area (Å²) >= 11 is 5.68. The van der Waals surface area contributed by atoms with Gasteiger partial charge < -0.3 is 10.6 Å². The Hall–Kier alpha value is -2.47. The van der Waals surface area contributed by atoms with Gasteiger partial charge in [-0.1, -0.05) is 18.5 Å². The molecule has 2 amide bonds. The van der Waals surface area contributed by atoms with Crippen molar-refractivity contribution in [3.63, 3.8) is 0 Å². The number of hydrogen-bond donors (Lipinski definition) is 2. The summed E-state index contributed by atoms with van der Waals surface area (Å²) in [6.45, 7) is 3.86. The van der Waals surface area contributed by atoms with E-state index in [2.05, 4.69) is 15.6 Å². The summed E-state index contributed by atoms with van der Waals surface area (Å²) in [7, 11) is 0. The highest BCUT2D eigenvalue weighted by Crippen LogP contribution is 2.19. The van der Waals surface area contributed by atoms with Crippen molar-refractivity contribution >= 4 is 29.1 Å². The average Bonchev–Trinajstić information content (AvgIpc) is 2.58. The highest BCUT2D eigenvalue weighted by atomic mass is 35.5. The van der Waals surface area contributed by atoms with Crippen LogP contribution in [0, 0.1) is 5.82 Å². The summed E-state index contributed by atoms with van der Waals surface area (Å²) in [5.41, 5.74) is 0.752. The predicted octanol–water partition coefficient (Wildman–Crippen LogP) is 3.65. The molecule has 7 heteroatoms. The number of carbonyl (C=O) groups is 2. The number of hydrogen-bond acceptors (Lipinski definition) is 3. The van der Waals surface area contributed by atoms with E-state index in [1.165, 1.54) is 30.5 Å². The second kappa shape index (κ2) is 7.88. The zero-order valence-electron chi connectivity index (χ0n) is 13.3. The van der Waals surface area contributed by atoms with Crippen LogP contribution in [0.4, 0.5) is 10.1 Å². The third-order valence-electron chi connectivity index (χ3n) is 3.42. The van der Waals surface area contributed by atoms with Crippen molar-refractivity contribution in [2.75, 3.05) is 5.32 Å². The van der Waals surface area contributed by atoms with E-state index in [9.17, 15) is 14.0 Å². The molecule has 0 saturated carbocycles. The molecule has 0 spiro atoms. The zero-order valence-corrected chi connectivity index (χ0v) is 14.0. The Morgan fingerprint density at radius 3 is 2.67 bits per heavy atom. The number of rotatable bonds is 5. The molecular weight excluding hydrogens is 333 g/mol. The third-order valence-corrected chi connectivity index (χ3v) is 3.71. The Labute approximate surface area is 144 Å². The second-order valence-corrected chi connectivity index (χ2v) is 5.70. The molecule has 2 aromatic rings. The highest BCUT2D eigenvalue weighted by molar-refractivity contribution is 6.31. The zero-order chi connectivity index (χ0) is 17.7. The lowest BCUT2D eigenvalue weighted by Gasteiger charge is -2.11. The van der Waals surface area contributed by atoms with Gasteiger partial charge in [-0.2, -0.15) is 0 Å². The minimum atomic E-state index is -0.573. The van der Waals surface area contributed by atoms with Crippen LogP contribution in [0.3, 0.4) is 0 Å². The first-order valence-electron chi connectivity index (χ1n) is 7.44. The van der Waals surface area contributed by atoms with Crippen LogP contribution in [0.2, 0.25) is 5.02 Å². The Bertz CT molecular complexity index is 767. The average molecular weight is 350 g/mol. The molecular formula is C17H17ClFN3O2. The van der Waals surface area contributed by atoms with Crippen molar-refractivity contribution in [2.45, 2.75) is 26.3 Å². The summed E-state index contributed by atoms with van der Waals surface area (Å²) in [5.74, 6) is -1.36. The van der Waals surface area contributed by atoms with Gasteiger partial charge in [-0.05, 0) is 43.7 Å². The van der Waals surface area contributed by atoms with Gasteiger partial charge in [-0.15, -0.1) is 0 Å². The van der Waals surface area contributed by atoms with Crippen LogP contribution in [0.5, 0.6) is 0 Å². The number of nitrogens with one attached hydrogen (secondary N) is 2. The molecule has 5 nitrogen and oxygen atoms in total. The van der Waals surface area contributed by atoms with Gasteiger partial charge in [0.15, 0.2) is 0 Å². The maximum atomic E-state index is 13.1. The maximum Gasteiger partial charge on any atom is 0.274 e. The van der Waals surface area contributed by atoms with Crippen LogP contribution in [-0.2, 0) is 0 Å². The van der Waals surface area contributed by atoms with E-state index in [4.69, 9.17) is 11.6 Å². The fourth-order valence-corrected chi connectivity index (χ4v) is 2.05. The van der Waals surface area contributed by atoms with Crippen molar-refractivity contribution in [3.8, 4) is 0 Å². The smallest absolute Gasteiger partial charge is 0.274 e. The molecule has 1 atom stereocenters. The van der Waals surface area contributed by atoms with E-state index in [1.807, 2.05) is 13.8 Å². The lowest BCUT2D eigenvalue weighted by Crippen LogP contribution is -2.32. The van der Waals surface area contributed by atoms with E-state index in [0.29, 0.717) is 11.3 Å². The van der Waals surface area contributed by atoms with Crippen LogP contribution in [0.15, 0.2) is 36.5 Å². The topological polar surface area (TPSA) is 71.1 Å². The van der Waals surface area contributed by atoms with Crippen molar-refractivity contribution in [2.24, 2.45) is 0 Å². The molecule has 0 aliphatic heterocycles. The number of halogens is 2. The summed E-state index contributed by atoms with van der Waals surface area (Å²) in [6.07, 6.45) is 2.19. The van der Waals surface area contributed by atoms with Crippen molar-refractivity contribution < 1.29 is 14.0 Å². The molecule has 126 valence electrons. The first kappa shape index (κ1) is 17.9. The maximum absolute atomic E-state index is 13.1. The van der Waals surface area contributed by atoms with E-state index in [1.54, 1.807) is 0 Å². The number of aromatic nitrogens is 1. The summed E-state index contributed by atoms with van der Waals surface area (Å²) in [6, 6.07) is 6.81. The molecule has 1 aromatic carbocycles. The molecule has 24 heavy (non-hydrogen) atoms.